The van der Waals surface area contributed by atoms with Crippen molar-refractivity contribution in [2.24, 2.45) is 0 Å². The number of nitrogens with one attached hydrogen (secondary N) is 2. The summed E-state index contributed by atoms with van der Waals surface area (Å²) in [5.74, 6) is -0.0756. The molecule has 0 saturated carbocycles. The zero-order valence-corrected chi connectivity index (χ0v) is 26.8. The van der Waals surface area contributed by atoms with Gasteiger partial charge in [0.1, 0.15) is 11.5 Å². The molecule has 0 aliphatic carbocycles. The largest absolute Gasteiger partial charge is 0.508 e. The minimum absolute atomic E-state index is 0.0378. The second-order valence-electron chi connectivity index (χ2n) is 12.3. The minimum atomic E-state index is -0.0378. The monoisotopic (exact) mass is 646 g/mol. The first kappa shape index (κ1) is 29.2. The Morgan fingerprint density at radius 1 is 0.340 bits per heavy atom. The Balaban J connectivity index is 1.49. The highest BCUT2D eigenvalue weighted by atomic mass is 16.3. The third kappa shape index (κ3) is 5.16. The number of H-pyrrole nitrogens is 2. The van der Waals surface area contributed by atoms with Crippen LogP contribution < -0.4 is 0 Å². The van der Waals surface area contributed by atoms with Crippen LogP contribution in [-0.2, 0) is 0 Å². The molecule has 2 aliphatic heterocycles. The third-order valence-electron chi connectivity index (χ3n) is 9.13. The smallest absolute Gasteiger partial charge is 0.119 e. The number of aromatic amines is 2. The van der Waals surface area contributed by atoms with Crippen molar-refractivity contribution in [3.63, 3.8) is 0 Å². The van der Waals surface area contributed by atoms with Crippen LogP contribution in [0.2, 0.25) is 0 Å². The lowest BCUT2D eigenvalue weighted by atomic mass is 10.0. The molecule has 6 nitrogen and oxygen atoms in total. The topological polar surface area (TPSA) is 97.8 Å². The van der Waals surface area contributed by atoms with Crippen LogP contribution in [0.3, 0.4) is 0 Å². The molecule has 0 atom stereocenters. The summed E-state index contributed by atoms with van der Waals surface area (Å²) < 4.78 is 0. The lowest BCUT2D eigenvalue weighted by Gasteiger charge is -2.07. The molecule has 7 aromatic rings. The van der Waals surface area contributed by atoms with Crippen LogP contribution in [0.1, 0.15) is 22.8 Å². The van der Waals surface area contributed by atoms with E-state index < -0.39 is 0 Å². The van der Waals surface area contributed by atoms with Crippen LogP contribution in [0, 0.1) is 0 Å². The van der Waals surface area contributed by atoms with E-state index in [1.54, 1.807) is 12.1 Å². The van der Waals surface area contributed by atoms with Crippen molar-refractivity contribution in [1.82, 2.24) is 19.9 Å². The molecule has 50 heavy (non-hydrogen) atoms. The average molecular weight is 647 g/mol. The van der Waals surface area contributed by atoms with Crippen molar-refractivity contribution < 1.29 is 10.2 Å². The maximum absolute atomic E-state index is 10.6. The Morgan fingerprint density at radius 3 is 0.960 bits per heavy atom. The second kappa shape index (κ2) is 12.0. The zero-order chi connectivity index (χ0) is 33.6. The van der Waals surface area contributed by atoms with Gasteiger partial charge in [-0.2, -0.15) is 0 Å². The standard InChI is InChI=1S/C44H30N4O2/c49-31-24-30(25-32(50)26-31)44-39-22-20-37(47-39)42(28-12-6-2-7-13-28)35-18-16-33(45-35)41(27-10-4-1-5-11-27)34-17-19-36(46-34)43(29-14-8-3-9-15-29)38-21-23-40(44)48-38/h1-26,45,48-50H. The van der Waals surface area contributed by atoms with Gasteiger partial charge in [0, 0.05) is 50.4 Å². The Labute approximate surface area is 288 Å². The van der Waals surface area contributed by atoms with Gasteiger partial charge in [0.15, 0.2) is 0 Å². The van der Waals surface area contributed by atoms with Gasteiger partial charge in [0.05, 0.1) is 22.8 Å². The van der Waals surface area contributed by atoms with E-state index in [1.807, 2.05) is 72.8 Å². The van der Waals surface area contributed by atoms with Gasteiger partial charge in [-0.05, 0) is 83.0 Å². The van der Waals surface area contributed by atoms with E-state index in [0.29, 0.717) is 11.3 Å². The highest BCUT2D eigenvalue weighted by Gasteiger charge is 2.19. The van der Waals surface area contributed by atoms with E-state index in [2.05, 4.69) is 76.7 Å². The summed E-state index contributed by atoms with van der Waals surface area (Å²) in [6, 6.07) is 43.8. The summed E-state index contributed by atoms with van der Waals surface area (Å²) in [7, 11) is 0. The molecule has 9 rings (SSSR count). The molecule has 0 unspecified atom stereocenters. The maximum Gasteiger partial charge on any atom is 0.119 e. The van der Waals surface area contributed by atoms with Crippen molar-refractivity contribution in [3.05, 3.63) is 156 Å². The number of aromatic nitrogens is 4. The Hall–Kier alpha value is -6.92. The minimum Gasteiger partial charge on any atom is -0.508 e. The van der Waals surface area contributed by atoms with Crippen molar-refractivity contribution in [1.29, 1.82) is 0 Å². The SMILES string of the molecule is Oc1cc(O)cc(-c2c3nc(c(-c4ccccc4)c4ccc([nH]4)c(-c4ccccc4)c4nc(c(-c5ccccc5)c5ccc2[nH]5)C=C4)C=C3)c1. The molecule has 4 aromatic carbocycles. The molecule has 0 radical (unpaired) electrons. The van der Waals surface area contributed by atoms with Crippen molar-refractivity contribution >= 4 is 46.4 Å². The lowest BCUT2D eigenvalue weighted by molar-refractivity contribution is 0.451. The van der Waals surface area contributed by atoms with Gasteiger partial charge in [-0.3, -0.25) is 0 Å². The third-order valence-corrected chi connectivity index (χ3v) is 9.13. The van der Waals surface area contributed by atoms with Gasteiger partial charge >= 0.3 is 0 Å². The molecule has 3 aromatic heterocycles. The Morgan fingerprint density at radius 2 is 0.640 bits per heavy atom. The van der Waals surface area contributed by atoms with Gasteiger partial charge in [-0.1, -0.05) is 91.0 Å². The fourth-order valence-corrected chi connectivity index (χ4v) is 6.97. The molecule has 0 spiro atoms. The molecule has 4 N–H and O–H groups in total. The number of rotatable bonds is 4. The number of benzene rings is 4. The van der Waals surface area contributed by atoms with E-state index in [1.165, 1.54) is 6.07 Å². The number of aromatic hydroxyl groups is 2. The number of phenolic OH excluding ortho intramolecular Hbond substituents is 2. The predicted octanol–water partition coefficient (Wildman–Crippen LogP) is 10.7. The molecule has 238 valence electrons. The van der Waals surface area contributed by atoms with Crippen LogP contribution in [0.25, 0.3) is 90.9 Å². The molecule has 0 amide bonds. The average Bonchev–Trinajstić information content (AvgIpc) is 3.97. The van der Waals surface area contributed by atoms with E-state index in [0.717, 1.165) is 78.1 Å². The van der Waals surface area contributed by atoms with E-state index in [9.17, 15) is 10.2 Å². The summed E-state index contributed by atoms with van der Waals surface area (Å²) in [5, 5.41) is 21.2. The van der Waals surface area contributed by atoms with Crippen LogP contribution in [-0.4, -0.2) is 30.1 Å². The highest BCUT2D eigenvalue weighted by molar-refractivity contribution is 5.99. The first-order valence-electron chi connectivity index (χ1n) is 16.4. The summed E-state index contributed by atoms with van der Waals surface area (Å²) in [4.78, 5) is 18.0. The number of nitrogens with zero attached hydrogens (tertiary/aromatic N) is 2. The second-order valence-corrected chi connectivity index (χ2v) is 12.3. The van der Waals surface area contributed by atoms with Gasteiger partial charge in [-0.25, -0.2) is 9.97 Å². The van der Waals surface area contributed by atoms with E-state index in [4.69, 9.17) is 9.97 Å². The summed E-state index contributed by atoms with van der Waals surface area (Å²) in [6.45, 7) is 0. The van der Waals surface area contributed by atoms with Crippen LogP contribution in [0.4, 0.5) is 0 Å². The molecule has 2 aliphatic rings. The van der Waals surface area contributed by atoms with Crippen LogP contribution in [0.5, 0.6) is 11.5 Å². The Bertz CT molecular complexity index is 2600. The molecule has 0 saturated heterocycles. The van der Waals surface area contributed by atoms with Gasteiger partial charge in [0.2, 0.25) is 0 Å². The van der Waals surface area contributed by atoms with Crippen molar-refractivity contribution in [3.8, 4) is 56.0 Å². The summed E-state index contributed by atoms with van der Waals surface area (Å²) in [5.41, 5.74) is 14.0. The van der Waals surface area contributed by atoms with Gasteiger partial charge in [0.25, 0.3) is 0 Å². The van der Waals surface area contributed by atoms with Crippen LogP contribution >= 0.6 is 0 Å². The fourth-order valence-electron chi connectivity index (χ4n) is 6.97. The fraction of sp³-hybridized carbons (Fsp3) is 0. The van der Waals surface area contributed by atoms with Gasteiger partial charge < -0.3 is 20.2 Å². The molecule has 0 fully saturated rings. The van der Waals surface area contributed by atoms with E-state index >= 15 is 0 Å². The molecular formula is C44H30N4O2. The first-order valence-corrected chi connectivity index (χ1v) is 16.4. The predicted molar refractivity (Wildman–Crippen MR) is 204 cm³/mol. The quantitative estimate of drug-likeness (QED) is 0.153. The molecular weight excluding hydrogens is 617 g/mol. The number of hydrogen-bond donors (Lipinski definition) is 4. The van der Waals surface area contributed by atoms with Gasteiger partial charge in [-0.15, -0.1) is 0 Å². The maximum atomic E-state index is 10.6. The van der Waals surface area contributed by atoms with Crippen molar-refractivity contribution in [2.45, 2.75) is 0 Å². The molecule has 5 heterocycles. The number of hydrogen-bond acceptors (Lipinski definition) is 4. The van der Waals surface area contributed by atoms with E-state index in [-0.39, 0.29) is 11.5 Å². The summed E-state index contributed by atoms with van der Waals surface area (Å²) in [6.07, 6.45) is 8.18. The van der Waals surface area contributed by atoms with Crippen LogP contribution in [0.15, 0.2) is 133 Å². The normalized spacial score (nSPS) is 12.0. The first-order chi connectivity index (χ1) is 24.6. The molecule has 6 heteroatoms. The summed E-state index contributed by atoms with van der Waals surface area (Å²) >= 11 is 0. The number of phenols is 2. The zero-order valence-electron chi connectivity index (χ0n) is 26.8. The lowest BCUT2D eigenvalue weighted by Crippen LogP contribution is -1.89. The highest BCUT2D eigenvalue weighted by Crippen LogP contribution is 2.39. The number of fused-ring (bicyclic) bond motifs is 8. The molecule has 8 bridgehead atoms. The Kier molecular flexibility index (Phi) is 6.99. The van der Waals surface area contributed by atoms with Crippen molar-refractivity contribution in [2.75, 3.05) is 0 Å².